The van der Waals surface area contributed by atoms with E-state index in [4.69, 9.17) is 55.9 Å². The first-order chi connectivity index (χ1) is 40.0. The first-order valence-corrected chi connectivity index (χ1v) is 30.2. The molecule has 468 valence electrons. The third-order valence-electron chi connectivity index (χ3n) is 11.5. The molecule has 0 saturated heterocycles. The summed E-state index contributed by atoms with van der Waals surface area (Å²) in [6.45, 7) is 21.3. The van der Waals surface area contributed by atoms with Gasteiger partial charge in [0, 0.05) is 34.9 Å². The monoisotopic (exact) mass is 1340 g/mol. The van der Waals surface area contributed by atoms with Crippen LogP contribution in [0.5, 0.6) is 0 Å². The van der Waals surface area contributed by atoms with Crippen LogP contribution in [0.15, 0.2) is 113 Å². The molecule has 8 rings (SSSR count). The van der Waals surface area contributed by atoms with Crippen LogP contribution in [0.2, 0.25) is 20.4 Å². The summed E-state index contributed by atoms with van der Waals surface area (Å²) < 4.78 is 144. The maximum absolute atomic E-state index is 13.8. The Morgan fingerprint density at radius 2 is 1.05 bits per heavy atom. The fraction of sp³-hybridized carbons (Fsp3) is 0.328. The van der Waals surface area contributed by atoms with Crippen LogP contribution >= 0.6 is 46.4 Å². The molecule has 0 aliphatic carbocycles. The van der Waals surface area contributed by atoms with Crippen molar-refractivity contribution in [3.05, 3.63) is 180 Å². The van der Waals surface area contributed by atoms with Crippen molar-refractivity contribution in [2.75, 3.05) is 0 Å². The van der Waals surface area contributed by atoms with E-state index in [2.05, 4.69) is 52.9 Å². The minimum atomic E-state index is -4.89. The molecule has 0 aliphatic rings. The van der Waals surface area contributed by atoms with Crippen LogP contribution in [0.25, 0.3) is 27.4 Å². The van der Waals surface area contributed by atoms with Gasteiger partial charge in [-0.1, -0.05) is 110 Å². The second-order valence-corrected chi connectivity index (χ2v) is 26.5. The second kappa shape index (κ2) is 29.2. The van der Waals surface area contributed by atoms with Gasteiger partial charge in [0.15, 0.2) is 17.6 Å². The number of carbonyl (C=O) groups is 3. The van der Waals surface area contributed by atoms with Gasteiger partial charge in [-0.2, -0.15) is 26.3 Å². The van der Waals surface area contributed by atoms with Gasteiger partial charge < -0.3 is 19.9 Å². The first kappa shape index (κ1) is 74.4. The predicted molar refractivity (Wildman–Crippen MR) is 319 cm³/mol. The number of hydrogen-bond acceptors (Lipinski definition) is 14. The van der Waals surface area contributed by atoms with E-state index >= 15 is 0 Å². The Hall–Kier alpha value is -6.11. The number of rotatable bonds is 11. The van der Waals surface area contributed by atoms with Gasteiger partial charge in [0.2, 0.25) is 0 Å². The minimum absolute atomic E-state index is 0. The van der Waals surface area contributed by atoms with Crippen LogP contribution in [-0.4, -0.2) is 91.3 Å². The van der Waals surface area contributed by atoms with Crippen LogP contribution in [0.4, 0.5) is 26.3 Å². The molecule has 1 unspecified atom stereocenters. The number of ether oxygens (including phenoxy) is 2. The van der Waals surface area contributed by atoms with E-state index in [1.54, 1.807) is 65.8 Å². The molecule has 17 nitrogen and oxygen atoms in total. The van der Waals surface area contributed by atoms with Crippen LogP contribution < -0.4 is 18.9 Å². The fourth-order valence-electron chi connectivity index (χ4n) is 7.91. The third-order valence-corrected chi connectivity index (χ3v) is 16.3. The Balaban J connectivity index is 0.000000290. The number of alkyl halides is 6. The summed E-state index contributed by atoms with van der Waals surface area (Å²) in [5.74, 6) is -1.53. The number of aldehydes is 1. The molecule has 6 heterocycles. The van der Waals surface area contributed by atoms with Gasteiger partial charge in [-0.25, -0.2) is 54.3 Å². The molecule has 30 heteroatoms. The summed E-state index contributed by atoms with van der Waals surface area (Å²) in [4.78, 5) is 49.7. The summed E-state index contributed by atoms with van der Waals surface area (Å²) in [5, 5.41) is 15.3. The SMILES string of the molecule is CC(C)(C)OC(=O)c1cnc(Cl)c(C=O)c1Cl.CC(C)[N-]C(C)C.Cc1cc(C(F)(F)F)nc2c1cc(C(O)c1c(Cl)ncc(C(=O)OC(C)(C)C)c1Cl)n2S(=O)(=O)c1ccccc1.Cc1cc(C(F)(F)F)nc2c1ccn2S(=O)(=O)c1ccccc1.[Li+]. The average molecular weight is 1340 g/mol. The van der Waals surface area contributed by atoms with Crippen LogP contribution in [0.3, 0.4) is 0 Å². The molecule has 0 fully saturated rings. The van der Waals surface area contributed by atoms with Crippen molar-refractivity contribution in [1.82, 2.24) is 27.9 Å². The molecule has 0 radical (unpaired) electrons. The van der Waals surface area contributed by atoms with E-state index in [-0.39, 0.29) is 87.9 Å². The molecule has 6 aromatic heterocycles. The number of pyridine rings is 4. The van der Waals surface area contributed by atoms with Crippen molar-refractivity contribution >= 4 is 107 Å². The van der Waals surface area contributed by atoms with E-state index in [0.29, 0.717) is 33.3 Å². The van der Waals surface area contributed by atoms with Crippen molar-refractivity contribution in [2.45, 2.75) is 135 Å². The van der Waals surface area contributed by atoms with Crippen LogP contribution in [-0.2, 0) is 41.9 Å². The number of aryl methyl sites for hydroxylation is 2. The molecule has 0 spiro atoms. The summed E-state index contributed by atoms with van der Waals surface area (Å²) in [7, 11) is -8.65. The summed E-state index contributed by atoms with van der Waals surface area (Å²) >= 11 is 24.3. The quantitative estimate of drug-likeness (QED) is 0.0417. The molecule has 2 aromatic carbocycles. The number of nitrogens with zero attached hydrogens (tertiary/aromatic N) is 7. The topological polar surface area (TPSA) is 234 Å². The molecule has 1 atom stereocenters. The number of esters is 2. The number of aliphatic hydroxyl groups is 1. The van der Waals surface area contributed by atoms with Gasteiger partial charge in [0.25, 0.3) is 20.0 Å². The Morgan fingerprint density at radius 1 is 0.625 bits per heavy atom. The van der Waals surface area contributed by atoms with Gasteiger partial charge in [-0.3, -0.25) is 4.79 Å². The summed E-state index contributed by atoms with van der Waals surface area (Å²) in [5.41, 5.74) is -5.51. The molecule has 0 saturated carbocycles. The second-order valence-electron chi connectivity index (χ2n) is 21.4. The smallest absolute Gasteiger partial charge is 0.658 e. The van der Waals surface area contributed by atoms with E-state index in [1.807, 2.05) is 0 Å². The fourth-order valence-corrected chi connectivity index (χ4v) is 11.8. The molecule has 88 heavy (non-hydrogen) atoms. The third kappa shape index (κ3) is 18.3. The van der Waals surface area contributed by atoms with Crippen LogP contribution in [0.1, 0.15) is 140 Å². The maximum atomic E-state index is 13.8. The average Bonchev–Trinajstić information content (AvgIpc) is 2.24. The van der Waals surface area contributed by atoms with Gasteiger partial charge in [-0.05, 0) is 115 Å². The van der Waals surface area contributed by atoms with Gasteiger partial charge in [-0.15, -0.1) is 12.1 Å². The number of fused-ring (bicyclic) bond motifs is 2. The number of aliphatic hydroxyl groups excluding tert-OH is 1. The minimum Gasteiger partial charge on any atom is -0.658 e. The van der Waals surface area contributed by atoms with Crippen molar-refractivity contribution in [2.24, 2.45) is 0 Å². The number of halogens is 10. The maximum Gasteiger partial charge on any atom is 1.00 e. The number of benzene rings is 2. The van der Waals surface area contributed by atoms with E-state index in [9.17, 15) is 62.7 Å². The van der Waals surface area contributed by atoms with Crippen molar-refractivity contribution < 1.29 is 91.0 Å². The van der Waals surface area contributed by atoms with E-state index in [0.717, 1.165) is 22.3 Å². The van der Waals surface area contributed by atoms with Crippen molar-refractivity contribution in [3.8, 4) is 0 Å². The normalized spacial score (nSPS) is 12.5. The number of hydrogen-bond donors (Lipinski definition) is 1. The Kier molecular flexibility index (Phi) is 24.7. The zero-order valence-electron chi connectivity index (χ0n) is 49.5. The number of aromatic nitrogens is 6. The Morgan fingerprint density at radius 3 is 1.47 bits per heavy atom. The molecular formula is C58H58Cl4F6LiN7O10S2. The van der Waals surface area contributed by atoms with Gasteiger partial charge in [0.1, 0.15) is 39.0 Å². The molecule has 8 aromatic rings. The Labute approximate surface area is 536 Å². The van der Waals surface area contributed by atoms with Crippen LogP contribution in [0, 0.1) is 13.8 Å². The first-order valence-electron chi connectivity index (χ1n) is 25.8. The van der Waals surface area contributed by atoms with Crippen molar-refractivity contribution in [3.63, 3.8) is 0 Å². The largest absolute Gasteiger partial charge is 1.00 e. The molecular weight excluding hydrogens is 1280 g/mol. The Bertz CT molecular complexity index is 4060. The molecule has 0 amide bonds. The van der Waals surface area contributed by atoms with E-state index in [1.165, 1.54) is 74.8 Å². The standard InChI is InChI=1S/C26H22Cl2F3N3O5S.C15H11F3N2O2S.C11H11Cl2NO3.C6H14N.Li/c1-13-10-18(26(29,30)31)33-23-15(13)11-17(34(23)40(37,38)14-8-6-5-7-9-14)21(35)19-20(27)16(12-32-22(19)28)24(36)39-25(2,3)4;1-10-9-13(15(16,17)18)19-14-12(10)7-8-20(14)23(21,22)11-5-3-2-4-6-11;1-11(2,3)17-10(16)6-4-14-9(13)7(5-15)8(6)12;1-5(2)7-6(3)4;/h5-12,21,35H,1-4H3;2-9H,1H3;4-5H,1-3H3;5-6H,1-4H3;/q;;;-1;+1. The van der Waals surface area contributed by atoms with Crippen molar-refractivity contribution in [1.29, 1.82) is 0 Å². The zero-order chi connectivity index (χ0) is 65.7. The molecule has 1 N–H and O–H groups in total. The predicted octanol–water partition coefficient (Wildman–Crippen LogP) is 12.3. The van der Waals surface area contributed by atoms with E-state index < -0.39 is 84.4 Å². The molecule has 0 bridgehead atoms. The zero-order valence-corrected chi connectivity index (χ0v) is 54.1. The summed E-state index contributed by atoms with van der Waals surface area (Å²) in [6, 6.07) is 19.7. The van der Waals surface area contributed by atoms with Gasteiger partial charge in [0.05, 0.1) is 42.2 Å². The summed E-state index contributed by atoms with van der Waals surface area (Å²) in [6.07, 6.45) is -7.63. The number of carbonyl (C=O) groups excluding carboxylic acids is 3. The van der Waals surface area contributed by atoms with Gasteiger partial charge >= 0.3 is 43.2 Å². The molecule has 0 aliphatic heterocycles.